The fourth-order valence-corrected chi connectivity index (χ4v) is 4.20. The topological polar surface area (TPSA) is 71.1 Å². The zero-order valence-electron chi connectivity index (χ0n) is 12.7. The van der Waals surface area contributed by atoms with Crippen LogP contribution >= 0.6 is 11.3 Å². The summed E-state index contributed by atoms with van der Waals surface area (Å²) >= 11 is 0.404. The molecular formula is C15H16F3N3O2S. The first kappa shape index (κ1) is 16.9. The summed E-state index contributed by atoms with van der Waals surface area (Å²) in [6.07, 6.45) is -0.300. The third-order valence-electron chi connectivity index (χ3n) is 4.99. The van der Waals surface area contributed by atoms with Crippen molar-refractivity contribution < 1.29 is 22.8 Å². The summed E-state index contributed by atoms with van der Waals surface area (Å²) in [5.41, 5.74) is 0.175. The Morgan fingerprint density at radius 2 is 2.00 bits per heavy atom. The van der Waals surface area contributed by atoms with Gasteiger partial charge in [0.15, 0.2) is 5.69 Å². The molecule has 0 radical (unpaired) electrons. The maximum atomic E-state index is 12.9. The van der Waals surface area contributed by atoms with Crippen molar-refractivity contribution in [2.75, 3.05) is 0 Å². The number of halogens is 3. The molecule has 3 rings (SSSR count). The smallest absolute Gasteiger partial charge is 0.349 e. The minimum absolute atomic E-state index is 0.0837. The van der Waals surface area contributed by atoms with Crippen LogP contribution in [0.1, 0.15) is 41.0 Å². The van der Waals surface area contributed by atoms with Crippen LogP contribution < -0.4 is 10.6 Å². The van der Waals surface area contributed by atoms with Crippen LogP contribution in [0.2, 0.25) is 0 Å². The highest BCUT2D eigenvalue weighted by Gasteiger charge is 2.59. The lowest BCUT2D eigenvalue weighted by Gasteiger charge is -2.61. The summed E-state index contributed by atoms with van der Waals surface area (Å²) in [6, 6.07) is -0.337. The highest BCUT2D eigenvalue weighted by molar-refractivity contribution is 7.10. The van der Waals surface area contributed by atoms with Gasteiger partial charge in [0.25, 0.3) is 5.91 Å². The molecule has 2 N–H and O–H groups in total. The van der Waals surface area contributed by atoms with Gasteiger partial charge in [-0.3, -0.25) is 9.59 Å². The van der Waals surface area contributed by atoms with Crippen LogP contribution in [0.15, 0.2) is 18.2 Å². The van der Waals surface area contributed by atoms with Crippen LogP contribution in [-0.4, -0.2) is 28.9 Å². The molecule has 5 nitrogen and oxygen atoms in total. The number of thiazole rings is 1. The summed E-state index contributed by atoms with van der Waals surface area (Å²) in [6.45, 7) is 3.40. The Bertz CT molecular complexity index is 682. The summed E-state index contributed by atoms with van der Waals surface area (Å²) < 4.78 is 38.6. The van der Waals surface area contributed by atoms with Crippen molar-refractivity contribution in [2.24, 2.45) is 5.41 Å². The number of hydrogen-bond donors (Lipinski definition) is 2. The minimum Gasteiger partial charge on any atom is -0.349 e. The normalized spacial score (nSPS) is 24.6. The second-order valence-corrected chi connectivity index (χ2v) is 7.00. The number of nitrogens with one attached hydrogen (secondary N) is 2. The Hall–Kier alpha value is -1.90. The van der Waals surface area contributed by atoms with Crippen LogP contribution in [0, 0.1) is 5.41 Å². The predicted octanol–water partition coefficient (Wildman–Crippen LogP) is 2.51. The van der Waals surface area contributed by atoms with Gasteiger partial charge in [-0.15, -0.1) is 11.3 Å². The molecule has 2 aliphatic carbocycles. The van der Waals surface area contributed by atoms with Crippen molar-refractivity contribution in [1.29, 1.82) is 0 Å². The second-order valence-electron chi connectivity index (χ2n) is 6.14. The van der Waals surface area contributed by atoms with Gasteiger partial charge >= 0.3 is 6.18 Å². The molecule has 24 heavy (non-hydrogen) atoms. The van der Waals surface area contributed by atoms with Crippen LogP contribution in [0.5, 0.6) is 0 Å². The molecule has 2 saturated carbocycles. The molecule has 0 saturated heterocycles. The minimum atomic E-state index is -4.60. The molecule has 0 aliphatic heterocycles. The lowest BCUT2D eigenvalue weighted by Crippen LogP contribution is -2.71. The molecular weight excluding hydrogens is 343 g/mol. The van der Waals surface area contributed by atoms with Gasteiger partial charge in [0, 0.05) is 17.5 Å². The van der Waals surface area contributed by atoms with Gasteiger partial charge in [0.2, 0.25) is 5.91 Å². The molecule has 1 spiro atoms. The van der Waals surface area contributed by atoms with Crippen molar-refractivity contribution in [1.82, 2.24) is 15.6 Å². The van der Waals surface area contributed by atoms with Gasteiger partial charge in [0.05, 0.1) is 5.51 Å². The molecule has 1 heterocycles. The molecule has 2 atom stereocenters. The van der Waals surface area contributed by atoms with Crippen molar-refractivity contribution in [2.45, 2.75) is 43.9 Å². The lowest BCUT2D eigenvalue weighted by atomic mass is 9.49. The van der Waals surface area contributed by atoms with E-state index in [9.17, 15) is 22.8 Å². The van der Waals surface area contributed by atoms with E-state index in [1.807, 2.05) is 0 Å². The fourth-order valence-electron chi connectivity index (χ4n) is 3.54. The molecule has 0 aromatic carbocycles. The van der Waals surface area contributed by atoms with Crippen molar-refractivity contribution in [3.05, 3.63) is 28.7 Å². The Labute approximate surface area is 140 Å². The van der Waals surface area contributed by atoms with E-state index in [-0.39, 0.29) is 23.4 Å². The number of carbonyl (C=O) groups excluding carboxylic acids is 2. The van der Waals surface area contributed by atoms with Crippen LogP contribution in [0.4, 0.5) is 13.2 Å². The largest absolute Gasteiger partial charge is 0.427 e. The number of hydrogen-bond acceptors (Lipinski definition) is 4. The molecule has 0 bridgehead atoms. The molecule has 2 unspecified atom stereocenters. The van der Waals surface area contributed by atoms with E-state index in [0.717, 1.165) is 24.8 Å². The predicted molar refractivity (Wildman–Crippen MR) is 81.4 cm³/mol. The Kier molecular flexibility index (Phi) is 4.15. The third kappa shape index (κ3) is 2.70. The first-order valence-corrected chi connectivity index (χ1v) is 8.40. The maximum absolute atomic E-state index is 12.9. The lowest BCUT2D eigenvalue weighted by molar-refractivity contribution is -0.135. The molecule has 130 valence electrons. The number of alkyl halides is 3. The van der Waals surface area contributed by atoms with Crippen molar-refractivity contribution in [3.63, 3.8) is 0 Å². The first-order chi connectivity index (χ1) is 11.3. The number of aromatic nitrogens is 1. The standard InChI is InChI=1S/C15H16F3N3O2S/c1-2-10(22)20-8-6-9(14(8)4-3-5-14)21-13(23)11-12(15(16,17)18)24-7-19-11/h2,7-9H,1,3-6H2,(H,20,22)(H,21,23). The van der Waals surface area contributed by atoms with E-state index < -0.39 is 22.7 Å². The SMILES string of the molecule is C=CC(=O)NC1CC(NC(=O)c2ncsc2C(F)(F)F)C12CCC2. The van der Waals surface area contributed by atoms with Crippen LogP contribution in [-0.2, 0) is 11.0 Å². The summed E-state index contributed by atoms with van der Waals surface area (Å²) in [7, 11) is 0. The number of amides is 2. The van der Waals surface area contributed by atoms with E-state index in [1.54, 1.807) is 0 Å². The van der Waals surface area contributed by atoms with E-state index in [1.165, 1.54) is 6.08 Å². The monoisotopic (exact) mass is 359 g/mol. The average Bonchev–Trinajstić information content (AvgIpc) is 2.93. The van der Waals surface area contributed by atoms with Crippen LogP contribution in [0.3, 0.4) is 0 Å². The van der Waals surface area contributed by atoms with Gasteiger partial charge in [-0.2, -0.15) is 13.2 Å². The highest BCUT2D eigenvalue weighted by Crippen LogP contribution is 2.56. The van der Waals surface area contributed by atoms with E-state index in [4.69, 9.17) is 0 Å². The molecule has 1 aromatic heterocycles. The zero-order valence-corrected chi connectivity index (χ0v) is 13.5. The first-order valence-electron chi connectivity index (χ1n) is 7.52. The van der Waals surface area contributed by atoms with Gasteiger partial charge in [-0.05, 0) is 25.3 Å². The van der Waals surface area contributed by atoms with Gasteiger partial charge in [-0.1, -0.05) is 13.0 Å². The zero-order chi connectivity index (χ0) is 17.5. The molecule has 2 amide bonds. The number of nitrogens with zero attached hydrogens (tertiary/aromatic N) is 1. The van der Waals surface area contributed by atoms with Crippen LogP contribution in [0.25, 0.3) is 0 Å². The van der Waals surface area contributed by atoms with E-state index in [2.05, 4.69) is 22.2 Å². The number of carbonyl (C=O) groups is 2. The highest BCUT2D eigenvalue weighted by atomic mass is 32.1. The molecule has 1 aromatic rings. The van der Waals surface area contributed by atoms with Crippen molar-refractivity contribution in [3.8, 4) is 0 Å². The summed E-state index contributed by atoms with van der Waals surface area (Å²) in [5.74, 6) is -1.09. The second kappa shape index (κ2) is 5.87. The summed E-state index contributed by atoms with van der Waals surface area (Å²) in [5, 5.41) is 5.50. The molecule has 2 aliphatic rings. The Morgan fingerprint density at radius 1 is 1.33 bits per heavy atom. The maximum Gasteiger partial charge on any atom is 0.427 e. The Balaban J connectivity index is 1.69. The third-order valence-corrected chi connectivity index (χ3v) is 5.86. The van der Waals surface area contributed by atoms with Gasteiger partial charge in [0.1, 0.15) is 4.88 Å². The van der Waals surface area contributed by atoms with Gasteiger partial charge < -0.3 is 10.6 Å². The van der Waals surface area contributed by atoms with E-state index in [0.29, 0.717) is 17.8 Å². The molecule has 2 fully saturated rings. The van der Waals surface area contributed by atoms with E-state index >= 15 is 0 Å². The molecule has 9 heteroatoms. The quantitative estimate of drug-likeness (QED) is 0.812. The number of rotatable bonds is 4. The van der Waals surface area contributed by atoms with Gasteiger partial charge in [-0.25, -0.2) is 4.98 Å². The Morgan fingerprint density at radius 3 is 2.54 bits per heavy atom. The average molecular weight is 359 g/mol. The van der Waals surface area contributed by atoms with Crippen molar-refractivity contribution >= 4 is 23.2 Å². The fraction of sp³-hybridized carbons (Fsp3) is 0.533. The summed E-state index contributed by atoms with van der Waals surface area (Å²) in [4.78, 5) is 26.3.